The van der Waals surface area contributed by atoms with E-state index < -0.39 is 0 Å². The summed E-state index contributed by atoms with van der Waals surface area (Å²) < 4.78 is 19.7. The van der Waals surface area contributed by atoms with Gasteiger partial charge in [0.25, 0.3) is 5.91 Å². The van der Waals surface area contributed by atoms with Gasteiger partial charge in [-0.15, -0.1) is 5.10 Å². The maximum Gasteiger partial charge on any atom is 0.295 e. The molecule has 0 saturated carbocycles. The number of carbonyl (C=O) groups is 1. The molecule has 7 heteroatoms. The number of benzene rings is 1. The van der Waals surface area contributed by atoms with Crippen LogP contribution in [0.25, 0.3) is 5.69 Å². The number of nitrogens with zero attached hydrogens (tertiary/aromatic N) is 4. The van der Waals surface area contributed by atoms with Gasteiger partial charge in [0.15, 0.2) is 0 Å². The molecule has 2 heterocycles. The summed E-state index contributed by atoms with van der Waals surface area (Å²) in [7, 11) is 0. The van der Waals surface area contributed by atoms with Crippen molar-refractivity contribution in [2.24, 2.45) is 0 Å². The molecule has 1 amide bonds. The smallest absolute Gasteiger partial charge is 0.295 e. The molecule has 1 aliphatic rings. The normalized spacial score (nSPS) is 15.2. The number of ether oxygens (including phenoxy) is 1. The van der Waals surface area contributed by atoms with E-state index in [-0.39, 0.29) is 24.3 Å². The largest absolute Gasteiger partial charge is 0.361 e. The van der Waals surface area contributed by atoms with Crippen LogP contribution >= 0.6 is 0 Å². The maximum atomic E-state index is 13.0. The van der Waals surface area contributed by atoms with Crippen LogP contribution in [0.15, 0.2) is 24.3 Å². The van der Waals surface area contributed by atoms with Gasteiger partial charge in [-0.05, 0) is 37.6 Å². The summed E-state index contributed by atoms with van der Waals surface area (Å²) in [5.41, 5.74) is 0.662. The van der Waals surface area contributed by atoms with Crippen LogP contribution in [0.3, 0.4) is 0 Å². The minimum Gasteiger partial charge on any atom is -0.361 e. The average molecular weight is 290 g/mol. The molecule has 0 N–H and O–H groups in total. The fourth-order valence-corrected chi connectivity index (χ4v) is 2.21. The number of rotatable bonds is 2. The van der Waals surface area contributed by atoms with Gasteiger partial charge in [-0.3, -0.25) is 4.79 Å². The standard InChI is InChI=1S/C14H15FN4O2/c1-10-16-13(14(20)18-7-2-8-21-9-18)17-19(10)12-5-3-11(15)4-6-12/h3-6H,2,7-9H2,1H3. The fourth-order valence-electron chi connectivity index (χ4n) is 2.21. The van der Waals surface area contributed by atoms with Gasteiger partial charge in [-0.1, -0.05) is 0 Å². The molecule has 110 valence electrons. The number of hydrogen-bond donors (Lipinski definition) is 0. The van der Waals surface area contributed by atoms with Crippen molar-refractivity contribution in [2.75, 3.05) is 19.9 Å². The molecule has 21 heavy (non-hydrogen) atoms. The fraction of sp³-hybridized carbons (Fsp3) is 0.357. The molecule has 1 saturated heterocycles. The monoisotopic (exact) mass is 290 g/mol. The van der Waals surface area contributed by atoms with E-state index >= 15 is 0 Å². The molecular formula is C14H15FN4O2. The highest BCUT2D eigenvalue weighted by Gasteiger charge is 2.23. The third kappa shape index (κ3) is 2.78. The van der Waals surface area contributed by atoms with Crippen molar-refractivity contribution in [3.05, 3.63) is 41.7 Å². The maximum absolute atomic E-state index is 13.0. The van der Waals surface area contributed by atoms with Gasteiger partial charge in [-0.25, -0.2) is 14.1 Å². The lowest BCUT2D eigenvalue weighted by Crippen LogP contribution is -2.38. The Morgan fingerprint density at radius 3 is 2.76 bits per heavy atom. The zero-order valence-corrected chi connectivity index (χ0v) is 11.6. The van der Waals surface area contributed by atoms with Crippen LogP contribution in [-0.4, -0.2) is 45.5 Å². The topological polar surface area (TPSA) is 60.3 Å². The van der Waals surface area contributed by atoms with E-state index in [0.29, 0.717) is 24.7 Å². The van der Waals surface area contributed by atoms with Gasteiger partial charge < -0.3 is 9.64 Å². The van der Waals surface area contributed by atoms with Gasteiger partial charge in [-0.2, -0.15) is 0 Å². The molecule has 0 spiro atoms. The Hall–Kier alpha value is -2.28. The number of aryl methyl sites for hydroxylation is 1. The Balaban J connectivity index is 1.86. The van der Waals surface area contributed by atoms with E-state index in [1.165, 1.54) is 16.8 Å². The van der Waals surface area contributed by atoms with E-state index in [2.05, 4.69) is 10.1 Å². The molecule has 3 rings (SSSR count). The first-order chi connectivity index (χ1) is 10.1. The van der Waals surface area contributed by atoms with Crippen molar-refractivity contribution in [3.8, 4) is 5.69 Å². The number of hydrogen-bond acceptors (Lipinski definition) is 4. The minimum absolute atomic E-state index is 0.127. The highest BCUT2D eigenvalue weighted by molar-refractivity contribution is 5.90. The summed E-state index contributed by atoms with van der Waals surface area (Å²) in [4.78, 5) is 18.1. The van der Waals surface area contributed by atoms with Crippen molar-refractivity contribution >= 4 is 5.91 Å². The lowest BCUT2D eigenvalue weighted by Gasteiger charge is -2.25. The molecule has 0 radical (unpaired) electrons. The number of halogens is 1. The van der Waals surface area contributed by atoms with Gasteiger partial charge in [0.1, 0.15) is 18.4 Å². The third-order valence-electron chi connectivity index (χ3n) is 3.28. The molecular weight excluding hydrogens is 275 g/mol. The molecule has 0 bridgehead atoms. The van der Waals surface area contributed by atoms with Crippen molar-refractivity contribution in [2.45, 2.75) is 13.3 Å². The Morgan fingerprint density at radius 2 is 2.10 bits per heavy atom. The molecule has 0 aliphatic carbocycles. The highest BCUT2D eigenvalue weighted by atomic mass is 19.1. The number of aromatic nitrogens is 3. The molecule has 1 fully saturated rings. The first-order valence-electron chi connectivity index (χ1n) is 6.72. The lowest BCUT2D eigenvalue weighted by molar-refractivity contribution is -0.00638. The Labute approximate surface area is 121 Å². The summed E-state index contributed by atoms with van der Waals surface area (Å²) in [6.45, 7) is 3.33. The summed E-state index contributed by atoms with van der Waals surface area (Å²) >= 11 is 0. The van der Waals surface area contributed by atoms with Crippen molar-refractivity contribution in [3.63, 3.8) is 0 Å². The van der Waals surface area contributed by atoms with E-state index in [1.807, 2.05) is 0 Å². The predicted molar refractivity (Wildman–Crippen MR) is 72.5 cm³/mol. The molecule has 1 aromatic carbocycles. The highest BCUT2D eigenvalue weighted by Crippen LogP contribution is 2.12. The second kappa shape index (κ2) is 5.61. The molecule has 0 unspecified atom stereocenters. The van der Waals surface area contributed by atoms with Crippen LogP contribution in [0.1, 0.15) is 22.9 Å². The van der Waals surface area contributed by atoms with Crippen LogP contribution in [0, 0.1) is 12.7 Å². The van der Waals surface area contributed by atoms with Crippen LogP contribution in [0.2, 0.25) is 0 Å². The minimum atomic E-state index is -0.321. The van der Waals surface area contributed by atoms with Crippen LogP contribution < -0.4 is 0 Å². The third-order valence-corrected chi connectivity index (χ3v) is 3.28. The zero-order chi connectivity index (χ0) is 14.8. The zero-order valence-electron chi connectivity index (χ0n) is 11.6. The molecule has 1 aliphatic heterocycles. The molecule has 2 aromatic rings. The lowest BCUT2D eigenvalue weighted by atomic mass is 10.3. The van der Waals surface area contributed by atoms with E-state index in [9.17, 15) is 9.18 Å². The van der Waals surface area contributed by atoms with Gasteiger partial charge >= 0.3 is 0 Å². The summed E-state index contributed by atoms with van der Waals surface area (Å²) in [6, 6.07) is 5.87. The van der Waals surface area contributed by atoms with Gasteiger partial charge in [0, 0.05) is 6.54 Å². The van der Waals surface area contributed by atoms with Crippen LogP contribution in [0.5, 0.6) is 0 Å². The summed E-state index contributed by atoms with van der Waals surface area (Å²) in [5.74, 6) is 0.127. The predicted octanol–water partition coefficient (Wildman–Crippen LogP) is 1.53. The second-order valence-corrected chi connectivity index (χ2v) is 4.83. The first-order valence-corrected chi connectivity index (χ1v) is 6.72. The van der Waals surface area contributed by atoms with Gasteiger partial charge in [0.05, 0.1) is 12.3 Å². The van der Waals surface area contributed by atoms with Crippen LogP contribution in [0.4, 0.5) is 4.39 Å². The first kappa shape index (κ1) is 13.7. The number of amides is 1. The molecule has 0 atom stereocenters. The van der Waals surface area contributed by atoms with Crippen molar-refractivity contribution in [1.29, 1.82) is 0 Å². The Bertz CT molecular complexity index is 647. The average Bonchev–Trinajstić information content (AvgIpc) is 2.90. The Kier molecular flexibility index (Phi) is 3.66. The summed E-state index contributed by atoms with van der Waals surface area (Å²) in [6.07, 6.45) is 0.809. The van der Waals surface area contributed by atoms with Gasteiger partial charge in [0.2, 0.25) is 5.82 Å². The quantitative estimate of drug-likeness (QED) is 0.841. The summed E-state index contributed by atoms with van der Waals surface area (Å²) in [5, 5.41) is 4.22. The van der Waals surface area contributed by atoms with Crippen molar-refractivity contribution < 1.29 is 13.9 Å². The van der Waals surface area contributed by atoms with E-state index in [1.54, 1.807) is 24.0 Å². The van der Waals surface area contributed by atoms with Crippen LogP contribution in [-0.2, 0) is 4.74 Å². The number of carbonyl (C=O) groups excluding carboxylic acids is 1. The molecule has 1 aromatic heterocycles. The SMILES string of the molecule is Cc1nc(C(=O)N2CCCOC2)nn1-c1ccc(F)cc1. The Morgan fingerprint density at radius 1 is 1.33 bits per heavy atom. The second-order valence-electron chi connectivity index (χ2n) is 4.83. The van der Waals surface area contributed by atoms with E-state index in [4.69, 9.17) is 4.74 Å². The molecule has 6 nitrogen and oxygen atoms in total. The van der Waals surface area contributed by atoms with Crippen molar-refractivity contribution in [1.82, 2.24) is 19.7 Å². The van der Waals surface area contributed by atoms with E-state index in [0.717, 1.165) is 6.42 Å².